The molecule has 0 spiro atoms. The van der Waals surface area contributed by atoms with Gasteiger partial charge >= 0.3 is 0 Å². The molecule has 0 aliphatic rings. The van der Waals surface area contributed by atoms with Crippen molar-refractivity contribution in [1.29, 1.82) is 0 Å². The van der Waals surface area contributed by atoms with E-state index in [0.717, 1.165) is 43.0 Å². The zero-order chi connectivity index (χ0) is 20.6. The first kappa shape index (κ1) is 23.1. The molecule has 0 amide bonds. The second-order valence-corrected chi connectivity index (χ2v) is 8.06. The molecule has 0 unspecified atom stereocenters. The van der Waals surface area contributed by atoms with Crippen molar-refractivity contribution in [2.45, 2.75) is 82.5 Å². The Labute approximate surface area is 176 Å². The van der Waals surface area contributed by atoms with Gasteiger partial charge in [-0.1, -0.05) is 118 Å². The molecular weight excluding hydrogens is 356 g/mol. The van der Waals surface area contributed by atoms with Crippen LogP contribution >= 0.6 is 0 Å². The highest BCUT2D eigenvalue weighted by atomic mass is 16.1. The Balaban J connectivity index is 1.76. The number of benzene rings is 2. The lowest BCUT2D eigenvalue weighted by molar-refractivity contribution is -0.111. The van der Waals surface area contributed by atoms with E-state index in [1.54, 1.807) is 0 Å². The average Bonchev–Trinajstić information content (AvgIpc) is 2.78. The van der Waals surface area contributed by atoms with Crippen LogP contribution in [0.15, 0.2) is 60.7 Å². The number of unbranched alkanes of at least 4 members (excludes halogenated alkanes) is 10. The summed E-state index contributed by atoms with van der Waals surface area (Å²) < 4.78 is 0. The summed E-state index contributed by atoms with van der Waals surface area (Å²) in [6.07, 6.45) is 15.9. The van der Waals surface area contributed by atoms with E-state index in [-0.39, 0.29) is 0 Å². The predicted molar refractivity (Wildman–Crippen MR) is 121 cm³/mol. The standard InChI is InChI=1S/C27H36O2/c28-23-17-9-7-5-3-1-2-4-6-8-16-22-27(24-29,25-18-12-10-13-19-25)26-20-14-11-15-21-26/h10-15,18-21,23-24H,1-9,16-17,22H2. The third kappa shape index (κ3) is 7.61. The molecule has 0 atom stereocenters. The van der Waals surface area contributed by atoms with Crippen molar-refractivity contribution >= 4 is 12.6 Å². The first-order chi connectivity index (χ1) is 14.3. The van der Waals surface area contributed by atoms with Gasteiger partial charge in [0.1, 0.15) is 12.6 Å². The van der Waals surface area contributed by atoms with Gasteiger partial charge in [-0.15, -0.1) is 0 Å². The van der Waals surface area contributed by atoms with Gasteiger partial charge in [0.05, 0.1) is 5.41 Å². The highest BCUT2D eigenvalue weighted by molar-refractivity contribution is 5.75. The SMILES string of the molecule is O=CCCCCCCCCCCCCC(C=O)(c1ccccc1)c1ccccc1. The number of carbonyl (C=O) groups is 2. The molecule has 2 aromatic carbocycles. The van der Waals surface area contributed by atoms with E-state index in [1.165, 1.54) is 51.4 Å². The van der Waals surface area contributed by atoms with Gasteiger partial charge in [-0.2, -0.15) is 0 Å². The van der Waals surface area contributed by atoms with E-state index in [1.807, 2.05) is 36.4 Å². The molecule has 0 saturated carbocycles. The Kier molecular flexibility index (Phi) is 11.0. The summed E-state index contributed by atoms with van der Waals surface area (Å²) in [5.41, 5.74) is 1.65. The summed E-state index contributed by atoms with van der Waals surface area (Å²) in [5.74, 6) is 0. The molecule has 0 saturated heterocycles. The molecule has 2 rings (SSSR count). The van der Waals surface area contributed by atoms with Gasteiger partial charge in [-0.25, -0.2) is 0 Å². The maximum Gasteiger partial charge on any atom is 0.134 e. The van der Waals surface area contributed by atoms with Crippen molar-refractivity contribution < 1.29 is 9.59 Å². The summed E-state index contributed by atoms with van der Waals surface area (Å²) in [6.45, 7) is 0. The van der Waals surface area contributed by atoms with E-state index in [2.05, 4.69) is 24.3 Å². The summed E-state index contributed by atoms with van der Waals surface area (Å²) >= 11 is 0. The first-order valence-electron chi connectivity index (χ1n) is 11.3. The third-order valence-corrected chi connectivity index (χ3v) is 5.92. The van der Waals surface area contributed by atoms with E-state index in [0.29, 0.717) is 6.42 Å². The molecule has 0 aromatic heterocycles. The maximum atomic E-state index is 12.3. The summed E-state index contributed by atoms with van der Waals surface area (Å²) in [5, 5.41) is 0. The number of carbonyl (C=O) groups excluding carboxylic acids is 2. The lowest BCUT2D eigenvalue weighted by Crippen LogP contribution is -2.29. The van der Waals surface area contributed by atoms with Crippen LogP contribution in [0.2, 0.25) is 0 Å². The van der Waals surface area contributed by atoms with Gasteiger partial charge in [-0.05, 0) is 24.0 Å². The molecule has 2 nitrogen and oxygen atoms in total. The molecule has 0 heterocycles. The Hall–Kier alpha value is -2.22. The van der Waals surface area contributed by atoms with Crippen LogP contribution in [0.3, 0.4) is 0 Å². The number of hydrogen-bond acceptors (Lipinski definition) is 2. The Morgan fingerprint density at radius 1 is 0.552 bits per heavy atom. The fourth-order valence-electron chi connectivity index (χ4n) is 4.17. The Bertz CT molecular complexity index is 639. The number of rotatable bonds is 16. The summed E-state index contributed by atoms with van der Waals surface area (Å²) in [4.78, 5) is 22.6. The number of aldehydes is 2. The first-order valence-corrected chi connectivity index (χ1v) is 11.3. The van der Waals surface area contributed by atoms with Crippen molar-refractivity contribution in [2.75, 3.05) is 0 Å². The summed E-state index contributed by atoms with van der Waals surface area (Å²) in [6, 6.07) is 20.4. The normalized spacial score (nSPS) is 11.3. The molecule has 0 aliphatic carbocycles. The molecular formula is C27H36O2. The van der Waals surface area contributed by atoms with E-state index < -0.39 is 5.41 Å². The van der Waals surface area contributed by atoms with Crippen LogP contribution in [0.1, 0.15) is 88.2 Å². The van der Waals surface area contributed by atoms with Crippen molar-refractivity contribution in [1.82, 2.24) is 0 Å². The molecule has 0 aliphatic heterocycles. The van der Waals surface area contributed by atoms with Crippen molar-refractivity contribution in [3.8, 4) is 0 Å². The zero-order valence-corrected chi connectivity index (χ0v) is 17.7. The Morgan fingerprint density at radius 3 is 1.38 bits per heavy atom. The van der Waals surface area contributed by atoms with Gasteiger partial charge in [0.15, 0.2) is 0 Å². The van der Waals surface area contributed by atoms with Crippen LogP contribution in [0.5, 0.6) is 0 Å². The van der Waals surface area contributed by atoms with E-state index in [4.69, 9.17) is 0 Å². The van der Waals surface area contributed by atoms with Gasteiger partial charge in [0.2, 0.25) is 0 Å². The topological polar surface area (TPSA) is 34.1 Å². The molecule has 0 N–H and O–H groups in total. The summed E-state index contributed by atoms with van der Waals surface area (Å²) in [7, 11) is 0. The van der Waals surface area contributed by atoms with Crippen LogP contribution in [0.25, 0.3) is 0 Å². The minimum absolute atomic E-state index is 0.538. The number of hydrogen-bond donors (Lipinski definition) is 0. The lowest BCUT2D eigenvalue weighted by Gasteiger charge is -2.29. The van der Waals surface area contributed by atoms with Crippen molar-refractivity contribution in [3.63, 3.8) is 0 Å². The highest BCUT2D eigenvalue weighted by Crippen LogP contribution is 2.35. The largest absolute Gasteiger partial charge is 0.303 e. The van der Waals surface area contributed by atoms with Crippen LogP contribution in [-0.4, -0.2) is 12.6 Å². The lowest BCUT2D eigenvalue weighted by atomic mass is 9.72. The fourth-order valence-corrected chi connectivity index (χ4v) is 4.17. The van der Waals surface area contributed by atoms with E-state index >= 15 is 0 Å². The van der Waals surface area contributed by atoms with Crippen LogP contribution in [0.4, 0.5) is 0 Å². The fraction of sp³-hybridized carbons (Fsp3) is 0.481. The molecule has 0 radical (unpaired) electrons. The second kappa shape index (κ2) is 13.9. The predicted octanol–water partition coefficient (Wildman–Crippen LogP) is 7.05. The zero-order valence-electron chi connectivity index (χ0n) is 17.7. The smallest absolute Gasteiger partial charge is 0.134 e. The van der Waals surface area contributed by atoms with E-state index in [9.17, 15) is 9.59 Å². The minimum atomic E-state index is -0.538. The van der Waals surface area contributed by atoms with Gasteiger partial charge in [-0.3, -0.25) is 0 Å². The molecule has 156 valence electrons. The van der Waals surface area contributed by atoms with Crippen molar-refractivity contribution in [2.24, 2.45) is 0 Å². The van der Waals surface area contributed by atoms with Gasteiger partial charge in [0.25, 0.3) is 0 Å². The second-order valence-electron chi connectivity index (χ2n) is 8.06. The van der Waals surface area contributed by atoms with Crippen molar-refractivity contribution in [3.05, 3.63) is 71.8 Å². The van der Waals surface area contributed by atoms with Crippen LogP contribution in [-0.2, 0) is 15.0 Å². The third-order valence-electron chi connectivity index (χ3n) is 5.92. The molecule has 2 heteroatoms. The van der Waals surface area contributed by atoms with Gasteiger partial charge < -0.3 is 9.59 Å². The molecule has 2 aromatic rings. The molecule has 0 fully saturated rings. The highest BCUT2D eigenvalue weighted by Gasteiger charge is 2.33. The molecule has 0 bridgehead atoms. The average molecular weight is 393 g/mol. The maximum absolute atomic E-state index is 12.3. The van der Waals surface area contributed by atoms with Crippen LogP contribution in [0, 0.1) is 0 Å². The monoisotopic (exact) mass is 392 g/mol. The molecule has 29 heavy (non-hydrogen) atoms. The van der Waals surface area contributed by atoms with Gasteiger partial charge in [0, 0.05) is 6.42 Å². The quantitative estimate of drug-likeness (QED) is 0.226. The Morgan fingerprint density at radius 2 is 0.966 bits per heavy atom. The van der Waals surface area contributed by atoms with Crippen LogP contribution < -0.4 is 0 Å². The minimum Gasteiger partial charge on any atom is -0.303 e.